The van der Waals surface area contributed by atoms with Crippen molar-refractivity contribution in [2.24, 2.45) is 5.14 Å². The normalized spacial score (nSPS) is 11.9. The first-order chi connectivity index (χ1) is 16.0. The number of ether oxygens (including phenoxy) is 1. The fraction of sp³-hybridized carbons (Fsp3) is 0.130. The first kappa shape index (κ1) is 23.8. The number of benzene rings is 2. The molecule has 0 spiro atoms. The molecule has 0 amide bonds. The van der Waals surface area contributed by atoms with Gasteiger partial charge in [-0.25, -0.2) is 22.9 Å². The number of nitrogens with zero attached hydrogens (tertiary/aromatic N) is 2. The zero-order chi connectivity index (χ0) is 24.8. The van der Waals surface area contributed by atoms with Gasteiger partial charge in [0.1, 0.15) is 17.4 Å². The van der Waals surface area contributed by atoms with Gasteiger partial charge in [0.05, 0.1) is 22.3 Å². The molecule has 0 atom stereocenters. The second-order valence-corrected chi connectivity index (χ2v) is 9.57. The highest BCUT2D eigenvalue weighted by Gasteiger charge is 2.27. The summed E-state index contributed by atoms with van der Waals surface area (Å²) >= 11 is 5.95. The predicted molar refractivity (Wildman–Crippen MR) is 124 cm³/mol. The first-order valence-electron chi connectivity index (χ1n) is 9.97. The van der Waals surface area contributed by atoms with Crippen LogP contribution in [0.3, 0.4) is 0 Å². The number of carbonyl (C=O) groups excluding carboxylic acids is 1. The van der Waals surface area contributed by atoms with Gasteiger partial charge < -0.3 is 4.74 Å². The van der Waals surface area contributed by atoms with Gasteiger partial charge in [0, 0.05) is 23.3 Å². The fourth-order valence-electron chi connectivity index (χ4n) is 3.53. The molecule has 0 fully saturated rings. The standard InChI is InChI=1S/C23H18ClF2N3O4S/c1-12(2)33-15-5-3-13(4-6-15)16-7-8-19(25)20(21(16)26)22(30)18-11-29(34(27,31)32)23-17(18)9-14(24)10-28-23/h3-12H,1-2H3,(H2,27,31,32). The number of fused-ring (bicyclic) bond motifs is 1. The highest BCUT2D eigenvalue weighted by Crippen LogP contribution is 2.32. The molecule has 34 heavy (non-hydrogen) atoms. The first-order valence-corrected chi connectivity index (χ1v) is 11.8. The van der Waals surface area contributed by atoms with E-state index in [1.54, 1.807) is 24.3 Å². The molecule has 0 saturated carbocycles. The van der Waals surface area contributed by atoms with Gasteiger partial charge in [0.2, 0.25) is 5.78 Å². The van der Waals surface area contributed by atoms with Crippen LogP contribution < -0.4 is 9.88 Å². The minimum Gasteiger partial charge on any atom is -0.491 e. The van der Waals surface area contributed by atoms with Gasteiger partial charge in [0.25, 0.3) is 0 Å². The predicted octanol–water partition coefficient (Wildman–Crippen LogP) is 4.70. The van der Waals surface area contributed by atoms with Crippen molar-refractivity contribution in [3.63, 3.8) is 0 Å². The van der Waals surface area contributed by atoms with Crippen LogP contribution in [0.2, 0.25) is 5.02 Å². The molecule has 2 heterocycles. The summed E-state index contributed by atoms with van der Waals surface area (Å²) in [6, 6.07) is 9.88. The summed E-state index contributed by atoms with van der Waals surface area (Å²) < 4.78 is 60.3. The number of halogens is 3. The van der Waals surface area contributed by atoms with Crippen molar-refractivity contribution in [1.29, 1.82) is 0 Å². The molecule has 176 valence electrons. The zero-order valence-corrected chi connectivity index (χ0v) is 19.5. The Labute approximate surface area is 198 Å². The number of hydrogen-bond acceptors (Lipinski definition) is 5. The Morgan fingerprint density at radius 3 is 2.44 bits per heavy atom. The molecule has 4 aromatic rings. The summed E-state index contributed by atoms with van der Waals surface area (Å²) in [6.45, 7) is 3.72. The summed E-state index contributed by atoms with van der Waals surface area (Å²) in [5.41, 5.74) is -1.01. The summed E-state index contributed by atoms with van der Waals surface area (Å²) in [5, 5.41) is 5.28. The summed E-state index contributed by atoms with van der Waals surface area (Å²) in [5.74, 6) is -2.74. The summed E-state index contributed by atoms with van der Waals surface area (Å²) in [4.78, 5) is 17.2. The Hall–Kier alpha value is -3.34. The zero-order valence-electron chi connectivity index (χ0n) is 17.9. The van der Waals surface area contributed by atoms with Gasteiger partial charge in [-0.15, -0.1) is 0 Å². The van der Waals surface area contributed by atoms with Gasteiger partial charge >= 0.3 is 10.2 Å². The van der Waals surface area contributed by atoms with E-state index in [-0.39, 0.29) is 33.3 Å². The number of aromatic nitrogens is 2. The quantitative estimate of drug-likeness (QED) is 0.382. The smallest absolute Gasteiger partial charge is 0.304 e. The van der Waals surface area contributed by atoms with Crippen LogP contribution in [-0.2, 0) is 10.2 Å². The van der Waals surface area contributed by atoms with Crippen molar-refractivity contribution in [3.05, 3.63) is 82.6 Å². The van der Waals surface area contributed by atoms with Crippen LogP contribution in [0, 0.1) is 11.6 Å². The average Bonchev–Trinajstić information content (AvgIpc) is 3.13. The van der Waals surface area contributed by atoms with Crippen molar-refractivity contribution >= 4 is 38.6 Å². The third-order valence-electron chi connectivity index (χ3n) is 4.95. The topological polar surface area (TPSA) is 104 Å². The molecular weight excluding hydrogens is 488 g/mol. The van der Waals surface area contributed by atoms with Gasteiger partial charge in [-0.3, -0.25) is 4.79 Å². The number of rotatable bonds is 6. The van der Waals surface area contributed by atoms with Crippen molar-refractivity contribution < 1.29 is 26.7 Å². The molecule has 0 aliphatic rings. The Morgan fingerprint density at radius 2 is 1.82 bits per heavy atom. The van der Waals surface area contributed by atoms with E-state index in [4.69, 9.17) is 21.5 Å². The van der Waals surface area contributed by atoms with E-state index in [0.29, 0.717) is 15.3 Å². The maximum absolute atomic E-state index is 15.5. The number of carbonyl (C=O) groups is 1. The average molecular weight is 506 g/mol. The largest absolute Gasteiger partial charge is 0.491 e. The molecular formula is C23H18ClF2N3O4S. The lowest BCUT2D eigenvalue weighted by Gasteiger charge is -2.12. The number of ketones is 1. The lowest BCUT2D eigenvalue weighted by molar-refractivity contribution is 0.103. The van der Waals surface area contributed by atoms with Crippen molar-refractivity contribution in [2.45, 2.75) is 20.0 Å². The van der Waals surface area contributed by atoms with Crippen LogP contribution in [-0.4, -0.2) is 29.3 Å². The monoisotopic (exact) mass is 505 g/mol. The molecule has 2 aromatic carbocycles. The van der Waals surface area contributed by atoms with Gasteiger partial charge in [-0.1, -0.05) is 23.7 Å². The third-order valence-corrected chi connectivity index (χ3v) is 5.99. The minimum absolute atomic E-state index is 0.0211. The van der Waals surface area contributed by atoms with Gasteiger partial charge in [-0.05, 0) is 49.7 Å². The van der Waals surface area contributed by atoms with E-state index < -0.39 is 33.2 Å². The summed E-state index contributed by atoms with van der Waals surface area (Å²) in [6.07, 6.45) is 1.98. The Kier molecular flexibility index (Phi) is 6.15. The lowest BCUT2D eigenvalue weighted by Crippen LogP contribution is -2.21. The molecule has 0 bridgehead atoms. The number of hydrogen-bond donors (Lipinski definition) is 1. The second kappa shape index (κ2) is 8.79. The molecule has 0 radical (unpaired) electrons. The van der Waals surface area contributed by atoms with E-state index in [2.05, 4.69) is 4.98 Å². The Bertz CT molecular complexity index is 1530. The number of nitrogens with two attached hydrogens (primary N) is 1. The molecule has 7 nitrogen and oxygen atoms in total. The molecule has 4 rings (SSSR count). The van der Waals surface area contributed by atoms with E-state index in [1.165, 1.54) is 12.1 Å². The minimum atomic E-state index is -4.36. The van der Waals surface area contributed by atoms with Gasteiger partial charge in [0.15, 0.2) is 5.65 Å². The maximum atomic E-state index is 15.5. The van der Waals surface area contributed by atoms with Crippen LogP contribution >= 0.6 is 11.6 Å². The molecule has 2 N–H and O–H groups in total. The second-order valence-electron chi connectivity index (χ2n) is 7.71. The molecule has 0 unspecified atom stereocenters. The Balaban J connectivity index is 1.86. The van der Waals surface area contributed by atoms with E-state index >= 15 is 4.39 Å². The van der Waals surface area contributed by atoms with Crippen LogP contribution in [0.5, 0.6) is 5.75 Å². The molecule has 2 aromatic heterocycles. The highest BCUT2D eigenvalue weighted by molar-refractivity contribution is 7.87. The van der Waals surface area contributed by atoms with Crippen molar-refractivity contribution in [3.8, 4) is 16.9 Å². The molecule has 0 aliphatic heterocycles. The van der Waals surface area contributed by atoms with E-state index in [1.807, 2.05) is 13.8 Å². The summed E-state index contributed by atoms with van der Waals surface area (Å²) in [7, 11) is -4.36. The van der Waals surface area contributed by atoms with Crippen LogP contribution in [0.4, 0.5) is 8.78 Å². The van der Waals surface area contributed by atoms with E-state index in [0.717, 1.165) is 18.5 Å². The molecule has 0 saturated heterocycles. The van der Waals surface area contributed by atoms with Gasteiger partial charge in [-0.2, -0.15) is 8.42 Å². The molecule has 0 aliphatic carbocycles. The van der Waals surface area contributed by atoms with Crippen LogP contribution in [0.25, 0.3) is 22.2 Å². The maximum Gasteiger partial charge on any atom is 0.304 e. The molecule has 11 heteroatoms. The van der Waals surface area contributed by atoms with E-state index in [9.17, 15) is 17.6 Å². The SMILES string of the molecule is CC(C)Oc1ccc(-c2ccc(F)c(C(=O)c3cn(S(N)(=O)=O)c4ncc(Cl)cc34)c2F)cc1. The van der Waals surface area contributed by atoms with Crippen LogP contribution in [0.15, 0.2) is 54.9 Å². The Morgan fingerprint density at radius 1 is 1.15 bits per heavy atom. The van der Waals surface area contributed by atoms with Crippen molar-refractivity contribution in [2.75, 3.05) is 0 Å². The lowest BCUT2D eigenvalue weighted by atomic mass is 9.96. The van der Waals surface area contributed by atoms with Crippen molar-refractivity contribution in [1.82, 2.24) is 8.96 Å². The fourth-order valence-corrected chi connectivity index (χ4v) is 4.33. The van der Waals surface area contributed by atoms with Crippen LogP contribution in [0.1, 0.15) is 29.8 Å². The third kappa shape index (κ3) is 4.39. The number of pyridine rings is 1. The highest BCUT2D eigenvalue weighted by atomic mass is 35.5.